The lowest BCUT2D eigenvalue weighted by Gasteiger charge is -2.32. The van der Waals surface area contributed by atoms with E-state index in [1.807, 2.05) is 13.8 Å². The summed E-state index contributed by atoms with van der Waals surface area (Å²) in [7, 11) is 1.40. The van der Waals surface area contributed by atoms with Gasteiger partial charge in [0.2, 0.25) is 0 Å². The Morgan fingerprint density at radius 3 is 2.31 bits per heavy atom. The third-order valence-corrected chi connectivity index (χ3v) is 5.17. The van der Waals surface area contributed by atoms with Crippen LogP contribution in [0.2, 0.25) is 0 Å². The fourth-order valence-corrected chi connectivity index (χ4v) is 4.10. The van der Waals surface area contributed by atoms with Crippen molar-refractivity contribution in [2.24, 2.45) is 5.41 Å². The normalized spacial score (nSPS) is 17.4. The first-order valence-electron chi connectivity index (χ1n) is 8.43. The average molecular weight is 350 g/mol. The van der Waals surface area contributed by atoms with Crippen LogP contribution in [0.15, 0.2) is 24.3 Å². The van der Waals surface area contributed by atoms with Gasteiger partial charge in [0.1, 0.15) is 11.5 Å². The van der Waals surface area contributed by atoms with E-state index in [1.165, 1.54) is 19.2 Å². The summed E-state index contributed by atoms with van der Waals surface area (Å²) >= 11 is 0. The molecule has 0 heterocycles. The van der Waals surface area contributed by atoms with Crippen LogP contribution in [0, 0.1) is 5.41 Å². The molecule has 0 fully saturated rings. The summed E-state index contributed by atoms with van der Waals surface area (Å²) in [6, 6.07) is 6.12. The maximum absolute atomic E-state index is 13.3. The SMILES string of the molecule is COc1ccc(O)c2c1C(=O)c1c(ccc3c1C(=O)CC(C)(C)C3)C2=O. The number of carbonyl (C=O) groups is 3. The molecule has 0 atom stereocenters. The standard InChI is InChI=1S/C21H18O5/c1-21(2)8-10-4-5-11-16(15(10)13(23)9-21)20(25)18-14(26-3)7-6-12(22)17(18)19(11)24/h4-7,22H,8-9H2,1-3H3. The summed E-state index contributed by atoms with van der Waals surface area (Å²) in [6.07, 6.45) is 0.981. The first-order valence-corrected chi connectivity index (χ1v) is 8.43. The molecule has 0 aromatic heterocycles. The minimum absolute atomic E-state index is 0.0241. The van der Waals surface area contributed by atoms with Crippen LogP contribution in [0.4, 0.5) is 0 Å². The highest BCUT2D eigenvalue weighted by Crippen LogP contribution is 2.43. The summed E-state index contributed by atoms with van der Waals surface area (Å²) < 4.78 is 5.24. The number of Topliss-reactive ketones (excluding diaryl/α,β-unsaturated/α-hetero) is 1. The van der Waals surface area contributed by atoms with Crippen molar-refractivity contribution >= 4 is 17.3 Å². The molecule has 0 saturated carbocycles. The number of phenolic OH excluding ortho intramolecular Hbond substituents is 1. The predicted molar refractivity (Wildman–Crippen MR) is 94.4 cm³/mol. The number of carbonyl (C=O) groups excluding carboxylic acids is 3. The van der Waals surface area contributed by atoms with Gasteiger partial charge in [0.15, 0.2) is 17.3 Å². The Bertz CT molecular complexity index is 1010. The van der Waals surface area contributed by atoms with E-state index < -0.39 is 11.6 Å². The highest BCUT2D eigenvalue weighted by Gasteiger charge is 2.41. The maximum Gasteiger partial charge on any atom is 0.199 e. The summed E-state index contributed by atoms with van der Waals surface area (Å²) in [5, 5.41) is 10.2. The van der Waals surface area contributed by atoms with Crippen LogP contribution in [-0.2, 0) is 6.42 Å². The van der Waals surface area contributed by atoms with Gasteiger partial charge in [-0.15, -0.1) is 0 Å². The zero-order chi connectivity index (χ0) is 18.8. The average Bonchev–Trinajstić information content (AvgIpc) is 2.57. The molecular weight excluding hydrogens is 332 g/mol. The molecule has 0 aliphatic heterocycles. The van der Waals surface area contributed by atoms with Crippen molar-refractivity contribution in [3.05, 3.63) is 57.6 Å². The molecule has 0 radical (unpaired) electrons. The van der Waals surface area contributed by atoms with Gasteiger partial charge in [0.05, 0.1) is 18.2 Å². The van der Waals surface area contributed by atoms with E-state index >= 15 is 0 Å². The Morgan fingerprint density at radius 1 is 0.885 bits per heavy atom. The van der Waals surface area contributed by atoms with Crippen molar-refractivity contribution < 1.29 is 24.2 Å². The van der Waals surface area contributed by atoms with E-state index in [0.29, 0.717) is 18.4 Å². The predicted octanol–water partition coefficient (Wildman–Crippen LogP) is 3.33. The van der Waals surface area contributed by atoms with Gasteiger partial charge in [-0.05, 0) is 35.6 Å². The summed E-state index contributed by atoms with van der Waals surface area (Å²) in [4.78, 5) is 39.1. The van der Waals surface area contributed by atoms with E-state index in [-0.39, 0.29) is 45.0 Å². The summed E-state index contributed by atoms with van der Waals surface area (Å²) in [5.74, 6) is -1.10. The number of methoxy groups -OCH3 is 1. The Morgan fingerprint density at radius 2 is 1.62 bits per heavy atom. The number of benzene rings is 2. The third kappa shape index (κ3) is 2.13. The molecule has 0 unspecified atom stereocenters. The molecule has 2 aliphatic rings. The fraction of sp³-hybridized carbons (Fsp3) is 0.286. The van der Waals surface area contributed by atoms with Crippen LogP contribution in [0.3, 0.4) is 0 Å². The van der Waals surface area contributed by atoms with Crippen LogP contribution in [-0.4, -0.2) is 29.6 Å². The Balaban J connectivity index is 2.03. The lowest BCUT2D eigenvalue weighted by atomic mass is 9.69. The topological polar surface area (TPSA) is 80.7 Å². The second kappa shape index (κ2) is 5.27. The molecule has 5 heteroatoms. The van der Waals surface area contributed by atoms with E-state index in [4.69, 9.17) is 4.74 Å². The van der Waals surface area contributed by atoms with E-state index in [2.05, 4.69) is 0 Å². The minimum atomic E-state index is -0.466. The lowest BCUT2D eigenvalue weighted by Crippen LogP contribution is -2.32. The zero-order valence-electron chi connectivity index (χ0n) is 14.8. The molecule has 2 aliphatic carbocycles. The van der Waals surface area contributed by atoms with Gasteiger partial charge in [-0.25, -0.2) is 0 Å². The van der Waals surface area contributed by atoms with E-state index in [0.717, 1.165) is 5.56 Å². The largest absolute Gasteiger partial charge is 0.507 e. The molecule has 26 heavy (non-hydrogen) atoms. The van der Waals surface area contributed by atoms with Crippen molar-refractivity contribution in [1.29, 1.82) is 0 Å². The lowest BCUT2D eigenvalue weighted by molar-refractivity contribution is 0.0899. The van der Waals surface area contributed by atoms with Crippen LogP contribution in [0.1, 0.15) is 68.0 Å². The zero-order valence-corrected chi connectivity index (χ0v) is 14.8. The van der Waals surface area contributed by atoms with Crippen molar-refractivity contribution in [1.82, 2.24) is 0 Å². The number of rotatable bonds is 1. The molecule has 1 N–H and O–H groups in total. The number of aromatic hydroxyl groups is 1. The highest BCUT2D eigenvalue weighted by atomic mass is 16.5. The van der Waals surface area contributed by atoms with E-state index in [1.54, 1.807) is 12.1 Å². The number of ether oxygens (including phenoxy) is 1. The molecule has 5 nitrogen and oxygen atoms in total. The monoisotopic (exact) mass is 350 g/mol. The first-order chi connectivity index (χ1) is 12.2. The van der Waals surface area contributed by atoms with Gasteiger partial charge in [-0.2, -0.15) is 0 Å². The summed E-state index contributed by atoms with van der Waals surface area (Å²) in [5.41, 5.74) is 1.21. The molecule has 2 aromatic carbocycles. The van der Waals surface area contributed by atoms with Gasteiger partial charge < -0.3 is 9.84 Å². The fourth-order valence-electron chi connectivity index (χ4n) is 4.10. The van der Waals surface area contributed by atoms with Crippen molar-refractivity contribution in [2.45, 2.75) is 26.7 Å². The van der Waals surface area contributed by atoms with Crippen LogP contribution in [0.25, 0.3) is 0 Å². The summed E-state index contributed by atoms with van der Waals surface area (Å²) in [6.45, 7) is 4.02. The molecule has 2 aromatic rings. The highest BCUT2D eigenvalue weighted by molar-refractivity contribution is 6.32. The third-order valence-electron chi connectivity index (χ3n) is 5.17. The Labute approximate surface area is 150 Å². The molecule has 0 spiro atoms. The molecule has 4 rings (SSSR count). The van der Waals surface area contributed by atoms with Gasteiger partial charge in [-0.3, -0.25) is 14.4 Å². The van der Waals surface area contributed by atoms with Gasteiger partial charge >= 0.3 is 0 Å². The van der Waals surface area contributed by atoms with Crippen LogP contribution >= 0.6 is 0 Å². The van der Waals surface area contributed by atoms with Crippen LogP contribution in [0.5, 0.6) is 11.5 Å². The number of ketones is 3. The quantitative estimate of drug-likeness (QED) is 0.728. The van der Waals surface area contributed by atoms with Crippen molar-refractivity contribution in [3.63, 3.8) is 0 Å². The van der Waals surface area contributed by atoms with Crippen LogP contribution < -0.4 is 4.74 Å². The number of phenols is 1. The first kappa shape index (κ1) is 16.5. The minimum Gasteiger partial charge on any atom is -0.507 e. The van der Waals surface area contributed by atoms with E-state index in [9.17, 15) is 19.5 Å². The maximum atomic E-state index is 13.3. The van der Waals surface area contributed by atoms with Gasteiger partial charge in [0.25, 0.3) is 0 Å². The molecule has 0 saturated heterocycles. The number of hydrogen-bond donors (Lipinski definition) is 1. The molecular formula is C21H18O5. The van der Waals surface area contributed by atoms with Crippen molar-refractivity contribution in [2.75, 3.05) is 7.11 Å². The Kier molecular flexibility index (Phi) is 3.35. The molecule has 132 valence electrons. The van der Waals surface area contributed by atoms with Crippen molar-refractivity contribution in [3.8, 4) is 11.5 Å². The smallest absolute Gasteiger partial charge is 0.199 e. The molecule has 0 bridgehead atoms. The second-order valence-corrected chi connectivity index (χ2v) is 7.66. The molecule has 0 amide bonds. The van der Waals surface area contributed by atoms with Gasteiger partial charge in [0, 0.05) is 23.1 Å². The number of hydrogen-bond acceptors (Lipinski definition) is 5. The number of fused-ring (bicyclic) bond motifs is 4. The van der Waals surface area contributed by atoms with Gasteiger partial charge in [-0.1, -0.05) is 19.9 Å². The Hall–Kier alpha value is -2.95. The second-order valence-electron chi connectivity index (χ2n) is 7.66.